The van der Waals surface area contributed by atoms with Crippen molar-refractivity contribution in [1.29, 1.82) is 0 Å². The van der Waals surface area contributed by atoms with Crippen LogP contribution < -0.4 is 24.4 Å². The Kier molecular flexibility index (Phi) is 9.21. The summed E-state index contributed by atoms with van der Waals surface area (Å²) in [6, 6.07) is 29.7. The summed E-state index contributed by atoms with van der Waals surface area (Å²) in [7, 11) is 0. The van der Waals surface area contributed by atoms with Crippen LogP contribution in [0.4, 0.5) is 4.39 Å². The van der Waals surface area contributed by atoms with Gasteiger partial charge in [-0.05, 0) is 60.9 Å². The largest absolute Gasteiger partial charge is 0.490 e. The summed E-state index contributed by atoms with van der Waals surface area (Å²) in [5, 5.41) is 0. The van der Waals surface area contributed by atoms with E-state index in [4.69, 9.17) is 19.2 Å². The van der Waals surface area contributed by atoms with Gasteiger partial charge in [0.2, 0.25) is 0 Å². The third kappa shape index (κ3) is 6.41. The van der Waals surface area contributed by atoms with Crippen LogP contribution in [0.3, 0.4) is 0 Å². The number of aromatic nitrogens is 1. The summed E-state index contributed by atoms with van der Waals surface area (Å²) >= 11 is 1.25. The van der Waals surface area contributed by atoms with Crippen LogP contribution in [0.15, 0.2) is 118 Å². The lowest BCUT2D eigenvalue weighted by Crippen LogP contribution is -2.39. The molecule has 0 unspecified atom stereocenters. The molecule has 232 valence electrons. The van der Waals surface area contributed by atoms with Crippen LogP contribution in [-0.4, -0.2) is 23.8 Å². The number of thiazole rings is 1. The van der Waals surface area contributed by atoms with Gasteiger partial charge in [-0.3, -0.25) is 9.36 Å². The number of carbonyl (C=O) groups is 1. The Bertz CT molecular complexity index is 2070. The molecule has 46 heavy (non-hydrogen) atoms. The fourth-order valence-electron chi connectivity index (χ4n) is 5.29. The minimum absolute atomic E-state index is 0.183. The van der Waals surface area contributed by atoms with Crippen LogP contribution in [0.1, 0.15) is 42.1 Å². The van der Waals surface area contributed by atoms with Crippen LogP contribution in [0.2, 0.25) is 0 Å². The Morgan fingerprint density at radius 3 is 2.30 bits per heavy atom. The third-order valence-corrected chi connectivity index (χ3v) is 8.34. The van der Waals surface area contributed by atoms with Gasteiger partial charge in [0, 0.05) is 5.56 Å². The molecule has 7 nitrogen and oxygen atoms in total. The zero-order chi connectivity index (χ0) is 32.0. The van der Waals surface area contributed by atoms with E-state index in [2.05, 4.69) is 0 Å². The first-order valence-corrected chi connectivity index (χ1v) is 15.8. The van der Waals surface area contributed by atoms with Gasteiger partial charge in [0.15, 0.2) is 16.3 Å². The van der Waals surface area contributed by atoms with E-state index < -0.39 is 12.0 Å². The number of fused-ring (bicyclic) bond motifs is 1. The molecular weight excluding hydrogens is 603 g/mol. The summed E-state index contributed by atoms with van der Waals surface area (Å²) in [6.45, 7) is 4.47. The summed E-state index contributed by atoms with van der Waals surface area (Å²) in [5.41, 5.74) is 3.57. The average molecular weight is 635 g/mol. The first kappa shape index (κ1) is 30.7. The SMILES string of the molecule is CCOC(=O)C1=C(c2ccccc2)N=c2s/c(=C\c3ccc(OCc4ccc(F)cc4)c(OCC)c3)c(=O)n2[C@H]1c1ccccc1. The molecule has 0 radical (unpaired) electrons. The van der Waals surface area contributed by atoms with Gasteiger partial charge in [-0.25, -0.2) is 14.2 Å². The molecule has 9 heteroatoms. The molecule has 0 N–H and O–H groups in total. The van der Waals surface area contributed by atoms with Gasteiger partial charge in [-0.1, -0.05) is 90.2 Å². The predicted octanol–water partition coefficient (Wildman–Crippen LogP) is 6.05. The Morgan fingerprint density at radius 2 is 1.61 bits per heavy atom. The van der Waals surface area contributed by atoms with Crippen molar-refractivity contribution < 1.29 is 23.4 Å². The zero-order valence-electron chi connectivity index (χ0n) is 25.3. The Labute approximate surface area is 269 Å². The second kappa shape index (κ2) is 13.8. The van der Waals surface area contributed by atoms with E-state index >= 15 is 0 Å². The van der Waals surface area contributed by atoms with Crippen LogP contribution in [0.25, 0.3) is 11.8 Å². The fourth-order valence-corrected chi connectivity index (χ4v) is 6.29. The Balaban J connectivity index is 1.46. The molecule has 4 aromatic carbocycles. The highest BCUT2D eigenvalue weighted by molar-refractivity contribution is 7.07. The molecule has 0 fully saturated rings. The smallest absolute Gasteiger partial charge is 0.338 e. The van der Waals surface area contributed by atoms with Crippen molar-refractivity contribution in [1.82, 2.24) is 4.57 Å². The van der Waals surface area contributed by atoms with E-state index in [-0.39, 0.29) is 24.6 Å². The number of esters is 1. The van der Waals surface area contributed by atoms with E-state index in [1.54, 1.807) is 35.8 Å². The van der Waals surface area contributed by atoms with Gasteiger partial charge in [0.05, 0.1) is 35.1 Å². The Morgan fingerprint density at radius 1 is 0.891 bits per heavy atom. The number of hydrogen-bond donors (Lipinski definition) is 0. The maximum absolute atomic E-state index is 14.2. The lowest BCUT2D eigenvalue weighted by Gasteiger charge is -2.25. The monoisotopic (exact) mass is 634 g/mol. The molecule has 2 heterocycles. The molecule has 0 bridgehead atoms. The summed E-state index contributed by atoms with van der Waals surface area (Å²) in [4.78, 5) is 33.1. The topological polar surface area (TPSA) is 79.1 Å². The second-order valence-corrected chi connectivity index (χ2v) is 11.4. The standard InChI is InChI=1S/C37H31FN2O5S/c1-3-43-30-21-25(17-20-29(30)45-23-24-15-18-28(38)19-16-24)22-31-35(41)40-34(27-13-9-6-10-14-27)32(36(42)44-4-2)33(39-37(40)46-31)26-11-7-5-8-12-26/h5-22,34H,3-4,23H2,1-2H3/b31-22-/t34-/m0/s1. The lowest BCUT2D eigenvalue weighted by molar-refractivity contribution is -0.138. The normalized spacial score (nSPS) is 14.4. The molecule has 0 spiro atoms. The van der Waals surface area contributed by atoms with Crippen LogP contribution >= 0.6 is 11.3 Å². The van der Waals surface area contributed by atoms with E-state index in [1.807, 2.05) is 79.7 Å². The number of ether oxygens (including phenoxy) is 3. The minimum Gasteiger partial charge on any atom is -0.490 e. The molecule has 6 rings (SSSR count). The number of rotatable bonds is 10. The maximum Gasteiger partial charge on any atom is 0.338 e. The van der Waals surface area contributed by atoms with Crippen molar-refractivity contribution in [2.24, 2.45) is 4.99 Å². The van der Waals surface area contributed by atoms with Crippen molar-refractivity contribution in [2.45, 2.75) is 26.5 Å². The van der Waals surface area contributed by atoms with E-state index in [0.717, 1.165) is 22.3 Å². The first-order valence-electron chi connectivity index (χ1n) is 14.9. The predicted molar refractivity (Wildman–Crippen MR) is 176 cm³/mol. The van der Waals surface area contributed by atoms with E-state index in [1.165, 1.54) is 23.5 Å². The molecular formula is C37H31FN2O5S. The Hall–Kier alpha value is -5.28. The second-order valence-electron chi connectivity index (χ2n) is 10.4. The molecule has 1 atom stereocenters. The zero-order valence-corrected chi connectivity index (χ0v) is 26.1. The lowest BCUT2D eigenvalue weighted by atomic mass is 9.93. The number of halogens is 1. The van der Waals surface area contributed by atoms with Gasteiger partial charge in [0.1, 0.15) is 12.4 Å². The number of nitrogens with zero attached hydrogens (tertiary/aromatic N) is 2. The number of carbonyl (C=O) groups excluding carboxylic acids is 1. The highest BCUT2D eigenvalue weighted by Crippen LogP contribution is 2.35. The highest BCUT2D eigenvalue weighted by atomic mass is 32.1. The van der Waals surface area contributed by atoms with Crippen molar-refractivity contribution in [3.05, 3.63) is 156 Å². The van der Waals surface area contributed by atoms with Gasteiger partial charge in [0.25, 0.3) is 5.56 Å². The molecule has 1 aromatic heterocycles. The average Bonchev–Trinajstić information content (AvgIpc) is 3.39. The molecule has 0 amide bonds. The van der Waals surface area contributed by atoms with Gasteiger partial charge < -0.3 is 14.2 Å². The van der Waals surface area contributed by atoms with Crippen molar-refractivity contribution >= 4 is 29.1 Å². The van der Waals surface area contributed by atoms with Crippen LogP contribution in [-0.2, 0) is 16.1 Å². The summed E-state index contributed by atoms with van der Waals surface area (Å²) < 4.78 is 32.7. The van der Waals surface area contributed by atoms with Gasteiger partial charge in [-0.2, -0.15) is 0 Å². The van der Waals surface area contributed by atoms with Crippen molar-refractivity contribution in [2.75, 3.05) is 13.2 Å². The van der Waals surface area contributed by atoms with E-state index in [9.17, 15) is 14.0 Å². The maximum atomic E-state index is 14.2. The minimum atomic E-state index is -0.741. The molecule has 1 aliphatic heterocycles. The summed E-state index contributed by atoms with van der Waals surface area (Å²) in [5.74, 6) is 0.215. The first-order chi connectivity index (χ1) is 22.5. The molecule has 0 saturated heterocycles. The van der Waals surface area contributed by atoms with Gasteiger partial charge in [-0.15, -0.1) is 0 Å². The van der Waals surface area contributed by atoms with E-state index in [0.29, 0.717) is 38.7 Å². The van der Waals surface area contributed by atoms with Crippen LogP contribution in [0, 0.1) is 5.82 Å². The molecule has 1 aliphatic rings. The molecule has 5 aromatic rings. The summed E-state index contributed by atoms with van der Waals surface area (Å²) in [6.07, 6.45) is 1.79. The molecule has 0 aliphatic carbocycles. The number of hydrogen-bond acceptors (Lipinski definition) is 7. The fraction of sp³-hybridized carbons (Fsp3) is 0.162. The highest BCUT2D eigenvalue weighted by Gasteiger charge is 2.35. The van der Waals surface area contributed by atoms with Crippen molar-refractivity contribution in [3.63, 3.8) is 0 Å². The van der Waals surface area contributed by atoms with Crippen LogP contribution in [0.5, 0.6) is 11.5 Å². The third-order valence-electron chi connectivity index (χ3n) is 7.36. The molecule has 0 saturated carbocycles. The van der Waals surface area contributed by atoms with Crippen molar-refractivity contribution in [3.8, 4) is 11.5 Å². The number of benzene rings is 4. The van der Waals surface area contributed by atoms with Gasteiger partial charge >= 0.3 is 5.97 Å². The quantitative estimate of drug-likeness (QED) is 0.175.